The van der Waals surface area contributed by atoms with E-state index in [-0.39, 0.29) is 5.91 Å². The fraction of sp³-hybridized carbons (Fsp3) is 0.333. The Morgan fingerprint density at radius 1 is 1.39 bits per heavy atom. The van der Waals surface area contributed by atoms with Crippen LogP contribution in [-0.2, 0) is 6.54 Å². The van der Waals surface area contributed by atoms with Crippen LogP contribution in [0.4, 0.5) is 0 Å². The van der Waals surface area contributed by atoms with Crippen molar-refractivity contribution in [1.29, 1.82) is 0 Å². The first-order valence-electron chi connectivity index (χ1n) is 5.72. The van der Waals surface area contributed by atoms with Crippen LogP contribution in [0, 0.1) is 13.8 Å². The van der Waals surface area contributed by atoms with Gasteiger partial charge in [-0.15, -0.1) is 0 Å². The molecule has 0 spiro atoms. The van der Waals surface area contributed by atoms with E-state index in [4.69, 9.17) is 0 Å². The molecule has 2 aromatic rings. The second-order valence-corrected chi connectivity index (χ2v) is 4.00. The van der Waals surface area contributed by atoms with Gasteiger partial charge in [-0.3, -0.25) is 14.5 Å². The summed E-state index contributed by atoms with van der Waals surface area (Å²) >= 11 is 0. The molecule has 0 saturated heterocycles. The average molecular weight is 245 g/mol. The molecule has 2 aromatic heterocycles. The Balaban J connectivity index is 1.86. The van der Waals surface area contributed by atoms with Crippen molar-refractivity contribution in [3.63, 3.8) is 0 Å². The zero-order chi connectivity index (χ0) is 13.0. The number of nitrogens with zero attached hydrogens (tertiary/aromatic N) is 4. The van der Waals surface area contributed by atoms with Gasteiger partial charge >= 0.3 is 0 Å². The van der Waals surface area contributed by atoms with Gasteiger partial charge in [0, 0.05) is 24.6 Å². The van der Waals surface area contributed by atoms with Crippen molar-refractivity contribution in [2.24, 2.45) is 0 Å². The summed E-state index contributed by atoms with van der Waals surface area (Å²) in [6.07, 6.45) is 4.47. The van der Waals surface area contributed by atoms with E-state index in [1.165, 1.54) is 18.6 Å². The van der Waals surface area contributed by atoms with Crippen LogP contribution >= 0.6 is 0 Å². The summed E-state index contributed by atoms with van der Waals surface area (Å²) in [6.45, 7) is 5.09. The molecule has 0 saturated carbocycles. The number of hydrogen-bond donors (Lipinski definition) is 1. The Labute approximate surface area is 105 Å². The molecule has 6 heteroatoms. The van der Waals surface area contributed by atoms with Gasteiger partial charge in [-0.05, 0) is 19.9 Å². The van der Waals surface area contributed by atoms with Crippen LogP contribution in [0.1, 0.15) is 21.9 Å². The van der Waals surface area contributed by atoms with E-state index in [2.05, 4.69) is 20.4 Å². The van der Waals surface area contributed by atoms with Gasteiger partial charge in [0.25, 0.3) is 5.91 Å². The van der Waals surface area contributed by atoms with Gasteiger partial charge in [-0.2, -0.15) is 5.10 Å². The van der Waals surface area contributed by atoms with Crippen molar-refractivity contribution >= 4 is 5.91 Å². The number of amides is 1. The molecule has 0 aliphatic rings. The van der Waals surface area contributed by atoms with Gasteiger partial charge in [0.2, 0.25) is 0 Å². The lowest BCUT2D eigenvalue weighted by Crippen LogP contribution is -2.28. The van der Waals surface area contributed by atoms with Gasteiger partial charge in [0.1, 0.15) is 5.69 Å². The summed E-state index contributed by atoms with van der Waals surface area (Å²) in [5, 5.41) is 7.10. The molecule has 0 aliphatic carbocycles. The minimum Gasteiger partial charge on any atom is -0.349 e. The molecule has 94 valence electrons. The highest BCUT2D eigenvalue weighted by Crippen LogP contribution is 2.00. The summed E-state index contributed by atoms with van der Waals surface area (Å²) in [7, 11) is 0. The molecule has 0 unspecified atom stereocenters. The van der Waals surface area contributed by atoms with Gasteiger partial charge in [0.15, 0.2) is 0 Å². The molecule has 18 heavy (non-hydrogen) atoms. The monoisotopic (exact) mass is 245 g/mol. The first kappa shape index (κ1) is 12.2. The standard InChI is InChI=1S/C12H15N5O/c1-9-7-10(2)17(16-9)6-5-15-12(18)11-8-13-3-4-14-11/h3-4,7-8H,5-6H2,1-2H3,(H,15,18). The number of hydrogen-bond acceptors (Lipinski definition) is 4. The van der Waals surface area contributed by atoms with Crippen molar-refractivity contribution < 1.29 is 4.79 Å². The molecule has 0 atom stereocenters. The molecule has 6 nitrogen and oxygen atoms in total. The zero-order valence-electron chi connectivity index (χ0n) is 10.4. The van der Waals surface area contributed by atoms with Crippen molar-refractivity contribution in [2.45, 2.75) is 20.4 Å². The lowest BCUT2D eigenvalue weighted by atomic mass is 10.4. The van der Waals surface area contributed by atoms with Crippen molar-refractivity contribution in [3.05, 3.63) is 41.7 Å². The van der Waals surface area contributed by atoms with Crippen molar-refractivity contribution in [2.75, 3.05) is 6.54 Å². The van der Waals surface area contributed by atoms with E-state index in [1.807, 2.05) is 24.6 Å². The smallest absolute Gasteiger partial charge is 0.271 e. The lowest BCUT2D eigenvalue weighted by molar-refractivity contribution is 0.0946. The Morgan fingerprint density at radius 2 is 2.22 bits per heavy atom. The number of nitrogens with one attached hydrogen (secondary N) is 1. The molecule has 1 N–H and O–H groups in total. The largest absolute Gasteiger partial charge is 0.349 e. The number of rotatable bonds is 4. The normalized spacial score (nSPS) is 10.3. The second-order valence-electron chi connectivity index (χ2n) is 4.00. The number of aromatic nitrogens is 4. The summed E-state index contributed by atoms with van der Waals surface area (Å²) in [6, 6.07) is 2.00. The third-order valence-corrected chi connectivity index (χ3v) is 2.51. The van der Waals surface area contributed by atoms with Crippen LogP contribution in [0.25, 0.3) is 0 Å². The maximum absolute atomic E-state index is 11.7. The van der Waals surface area contributed by atoms with Crippen molar-refractivity contribution in [3.8, 4) is 0 Å². The van der Waals surface area contributed by atoms with Crippen molar-refractivity contribution in [1.82, 2.24) is 25.1 Å². The Morgan fingerprint density at radius 3 is 2.83 bits per heavy atom. The summed E-state index contributed by atoms with van der Waals surface area (Å²) in [5.41, 5.74) is 2.39. The quantitative estimate of drug-likeness (QED) is 0.861. The van der Waals surface area contributed by atoms with E-state index in [1.54, 1.807) is 0 Å². The first-order valence-corrected chi connectivity index (χ1v) is 5.72. The molecule has 0 bridgehead atoms. The summed E-state index contributed by atoms with van der Waals surface area (Å²) in [4.78, 5) is 19.5. The van der Waals surface area contributed by atoms with Gasteiger partial charge in [0.05, 0.1) is 18.4 Å². The predicted molar refractivity (Wildman–Crippen MR) is 66.1 cm³/mol. The van der Waals surface area contributed by atoms with E-state index in [0.29, 0.717) is 18.8 Å². The molecule has 0 fully saturated rings. The lowest BCUT2D eigenvalue weighted by Gasteiger charge is -2.06. The van der Waals surface area contributed by atoms with Crippen LogP contribution in [0.2, 0.25) is 0 Å². The van der Waals surface area contributed by atoms with E-state index in [9.17, 15) is 4.79 Å². The maximum Gasteiger partial charge on any atom is 0.271 e. The fourth-order valence-corrected chi connectivity index (χ4v) is 1.68. The molecular weight excluding hydrogens is 230 g/mol. The van der Waals surface area contributed by atoms with Crippen LogP contribution in [0.15, 0.2) is 24.7 Å². The third-order valence-electron chi connectivity index (χ3n) is 2.51. The number of carbonyl (C=O) groups excluding carboxylic acids is 1. The first-order chi connectivity index (χ1) is 8.66. The molecular formula is C12H15N5O. The second kappa shape index (κ2) is 5.39. The summed E-state index contributed by atoms with van der Waals surface area (Å²) < 4.78 is 1.87. The minimum atomic E-state index is -0.218. The Bertz CT molecular complexity index is 535. The third kappa shape index (κ3) is 2.91. The Kier molecular flexibility index (Phi) is 3.66. The molecule has 1 amide bonds. The number of aryl methyl sites for hydroxylation is 2. The van der Waals surface area contributed by atoms with Crippen LogP contribution < -0.4 is 5.32 Å². The SMILES string of the molecule is Cc1cc(C)n(CCNC(=O)c2cnccn2)n1. The molecule has 2 rings (SSSR count). The molecule has 0 aromatic carbocycles. The number of carbonyl (C=O) groups is 1. The van der Waals surface area contributed by atoms with Crippen LogP contribution in [0.3, 0.4) is 0 Å². The summed E-state index contributed by atoms with van der Waals surface area (Å²) in [5.74, 6) is -0.218. The Hall–Kier alpha value is -2.24. The maximum atomic E-state index is 11.7. The zero-order valence-corrected chi connectivity index (χ0v) is 10.4. The predicted octanol–water partition coefficient (Wildman–Crippen LogP) is 0.720. The van der Waals surface area contributed by atoms with Gasteiger partial charge < -0.3 is 5.32 Å². The van der Waals surface area contributed by atoms with Crippen LogP contribution in [-0.4, -0.2) is 32.2 Å². The highest BCUT2D eigenvalue weighted by molar-refractivity contribution is 5.91. The van der Waals surface area contributed by atoms with Gasteiger partial charge in [-0.1, -0.05) is 0 Å². The van der Waals surface area contributed by atoms with Crippen LogP contribution in [0.5, 0.6) is 0 Å². The van der Waals surface area contributed by atoms with E-state index >= 15 is 0 Å². The van der Waals surface area contributed by atoms with E-state index in [0.717, 1.165) is 11.4 Å². The van der Waals surface area contributed by atoms with E-state index < -0.39 is 0 Å². The molecule has 0 aliphatic heterocycles. The highest BCUT2D eigenvalue weighted by Gasteiger charge is 2.06. The minimum absolute atomic E-state index is 0.218. The fourth-order valence-electron chi connectivity index (χ4n) is 1.68. The van der Waals surface area contributed by atoms with Gasteiger partial charge in [-0.25, -0.2) is 4.98 Å². The average Bonchev–Trinajstić information content (AvgIpc) is 2.69. The highest BCUT2D eigenvalue weighted by atomic mass is 16.1. The molecule has 2 heterocycles. The topological polar surface area (TPSA) is 72.7 Å². The molecule has 0 radical (unpaired) electrons.